The highest BCUT2D eigenvalue weighted by Crippen LogP contribution is 2.41. The number of carbonyl (C=O) groups excluding carboxylic acids is 1. The van der Waals surface area contributed by atoms with Gasteiger partial charge in [-0.1, -0.05) is 13.0 Å². The van der Waals surface area contributed by atoms with E-state index >= 15 is 0 Å². The zero-order chi connectivity index (χ0) is 21.3. The van der Waals surface area contributed by atoms with Crippen molar-refractivity contribution in [2.75, 3.05) is 14.1 Å². The quantitative estimate of drug-likeness (QED) is 0.566. The molecule has 0 aromatic carbocycles. The fourth-order valence-electron chi connectivity index (χ4n) is 3.80. The largest absolute Gasteiger partial charge is 0.348 e. The average Bonchev–Trinajstić information content (AvgIpc) is 3.24. The number of allylic oxidation sites excluding steroid dienone is 1. The van der Waals surface area contributed by atoms with Gasteiger partial charge in [0.05, 0.1) is 34.9 Å². The maximum absolute atomic E-state index is 12.2. The molecule has 0 bridgehead atoms. The van der Waals surface area contributed by atoms with Crippen LogP contribution in [-0.4, -0.2) is 44.7 Å². The van der Waals surface area contributed by atoms with E-state index in [0.717, 1.165) is 63.9 Å². The number of hydrogen-bond acceptors (Lipinski definition) is 5. The molecular weight excluding hydrogens is 394 g/mol. The predicted molar refractivity (Wildman–Crippen MR) is 121 cm³/mol. The highest BCUT2D eigenvalue weighted by atomic mass is 32.1. The molecule has 0 N–H and O–H groups in total. The Morgan fingerprint density at radius 1 is 1.33 bits per heavy atom. The number of nitrogens with zero attached hydrogens (tertiary/aromatic N) is 5. The topological polar surface area (TPSA) is 63.9 Å². The van der Waals surface area contributed by atoms with Crippen LogP contribution >= 0.6 is 11.3 Å². The molecule has 4 rings (SSSR count). The Hall–Kier alpha value is -2.80. The van der Waals surface area contributed by atoms with Gasteiger partial charge in [-0.3, -0.25) is 14.5 Å². The number of thiazole rings is 1. The van der Waals surface area contributed by atoms with Crippen LogP contribution in [0.15, 0.2) is 31.0 Å². The van der Waals surface area contributed by atoms with Crippen LogP contribution in [0.25, 0.3) is 21.8 Å². The molecule has 0 unspecified atom stereocenters. The first kappa shape index (κ1) is 20.5. The summed E-state index contributed by atoms with van der Waals surface area (Å²) in [6, 6.07) is 4.19. The van der Waals surface area contributed by atoms with Crippen molar-refractivity contribution in [3.63, 3.8) is 0 Å². The number of carbonyl (C=O) groups is 1. The second-order valence-corrected chi connectivity index (χ2v) is 8.82. The van der Waals surface area contributed by atoms with Crippen LogP contribution in [0.5, 0.6) is 0 Å². The molecule has 3 aromatic rings. The van der Waals surface area contributed by atoms with Gasteiger partial charge >= 0.3 is 0 Å². The van der Waals surface area contributed by atoms with Gasteiger partial charge in [-0.25, -0.2) is 4.98 Å². The first-order valence-corrected chi connectivity index (χ1v) is 11.2. The standard InChI is InChI=1S/C23H27N5OS/c1-5-12-28-22-17(21(26-28)15-10-11-16(6-2)24-14-15)8-7-9-18-23(22)30-19(25-18)13-20(29)27(3)4/h5,10-11,14H,1,6-9,12-13H2,2-4H3. The van der Waals surface area contributed by atoms with Crippen molar-refractivity contribution in [2.24, 2.45) is 0 Å². The van der Waals surface area contributed by atoms with Crippen LogP contribution in [0.1, 0.15) is 35.3 Å². The summed E-state index contributed by atoms with van der Waals surface area (Å²) in [7, 11) is 3.56. The van der Waals surface area contributed by atoms with Gasteiger partial charge in [-0.05, 0) is 37.8 Å². The smallest absolute Gasteiger partial charge is 0.228 e. The zero-order valence-electron chi connectivity index (χ0n) is 17.8. The van der Waals surface area contributed by atoms with Crippen molar-refractivity contribution in [1.29, 1.82) is 0 Å². The molecule has 156 valence electrons. The second-order valence-electron chi connectivity index (χ2n) is 7.74. The Balaban J connectivity index is 1.82. The number of likely N-dealkylation sites (N-methyl/N-ethyl adjacent to an activating group) is 1. The maximum Gasteiger partial charge on any atom is 0.228 e. The summed E-state index contributed by atoms with van der Waals surface area (Å²) in [6.07, 6.45) is 7.94. The Labute approximate surface area is 181 Å². The van der Waals surface area contributed by atoms with Crippen LogP contribution in [-0.2, 0) is 37.0 Å². The lowest BCUT2D eigenvalue weighted by molar-refractivity contribution is -0.127. The molecule has 0 saturated heterocycles. The number of aromatic nitrogens is 4. The minimum atomic E-state index is 0.0708. The van der Waals surface area contributed by atoms with E-state index in [2.05, 4.69) is 30.6 Å². The van der Waals surface area contributed by atoms with Crippen molar-refractivity contribution in [3.8, 4) is 21.8 Å². The second kappa shape index (κ2) is 8.52. The summed E-state index contributed by atoms with van der Waals surface area (Å²) in [5.74, 6) is 0.0708. The molecule has 7 heteroatoms. The third-order valence-corrected chi connectivity index (χ3v) is 6.52. The Morgan fingerprint density at radius 2 is 2.17 bits per heavy atom. The van der Waals surface area contributed by atoms with Gasteiger partial charge in [0.25, 0.3) is 0 Å². The number of pyridine rings is 1. The number of rotatable bonds is 6. The van der Waals surface area contributed by atoms with E-state index in [0.29, 0.717) is 13.0 Å². The van der Waals surface area contributed by atoms with E-state index < -0.39 is 0 Å². The van der Waals surface area contributed by atoms with Crippen LogP contribution in [0.3, 0.4) is 0 Å². The molecule has 1 amide bonds. The Morgan fingerprint density at radius 3 is 2.83 bits per heavy atom. The summed E-state index contributed by atoms with van der Waals surface area (Å²) >= 11 is 1.62. The van der Waals surface area contributed by atoms with Gasteiger partial charge in [0.1, 0.15) is 5.01 Å². The number of aryl methyl sites for hydroxylation is 2. The molecule has 3 heterocycles. The molecular formula is C23H27N5OS. The Kier molecular flexibility index (Phi) is 5.81. The molecule has 0 radical (unpaired) electrons. The fraction of sp³-hybridized carbons (Fsp3) is 0.391. The fourth-order valence-corrected chi connectivity index (χ4v) is 4.98. The molecule has 0 aliphatic heterocycles. The van der Waals surface area contributed by atoms with E-state index in [4.69, 9.17) is 10.1 Å². The summed E-state index contributed by atoms with van der Waals surface area (Å²) in [4.78, 5) is 24.4. The predicted octanol–water partition coefficient (Wildman–Crippen LogP) is 3.94. The van der Waals surface area contributed by atoms with Crippen molar-refractivity contribution in [2.45, 2.75) is 45.6 Å². The summed E-state index contributed by atoms with van der Waals surface area (Å²) < 4.78 is 2.03. The highest BCUT2D eigenvalue weighted by molar-refractivity contribution is 7.15. The summed E-state index contributed by atoms with van der Waals surface area (Å²) in [5.41, 5.74) is 6.57. The van der Waals surface area contributed by atoms with Crippen molar-refractivity contribution >= 4 is 17.2 Å². The molecule has 30 heavy (non-hydrogen) atoms. The lowest BCUT2D eigenvalue weighted by Gasteiger charge is -2.08. The minimum absolute atomic E-state index is 0.0708. The van der Waals surface area contributed by atoms with Gasteiger partial charge in [0.15, 0.2) is 0 Å². The van der Waals surface area contributed by atoms with Crippen LogP contribution in [0.4, 0.5) is 0 Å². The Bertz CT molecular complexity index is 1080. The van der Waals surface area contributed by atoms with Crippen LogP contribution < -0.4 is 0 Å². The number of hydrogen-bond donors (Lipinski definition) is 0. The summed E-state index contributed by atoms with van der Waals surface area (Å²) in [5, 5.41) is 5.82. The average molecular weight is 422 g/mol. The lowest BCUT2D eigenvalue weighted by Crippen LogP contribution is -2.23. The van der Waals surface area contributed by atoms with Crippen molar-refractivity contribution < 1.29 is 4.79 Å². The molecule has 0 spiro atoms. The first-order chi connectivity index (χ1) is 14.5. The first-order valence-electron chi connectivity index (χ1n) is 10.4. The monoisotopic (exact) mass is 421 g/mol. The van der Waals surface area contributed by atoms with E-state index in [1.165, 1.54) is 5.56 Å². The SMILES string of the molecule is C=CCn1nc(-c2ccc(CC)nc2)c2c1-c1sc(CC(=O)N(C)C)nc1CCC2. The molecule has 0 atom stereocenters. The van der Waals surface area contributed by atoms with E-state index in [9.17, 15) is 4.79 Å². The highest BCUT2D eigenvalue weighted by Gasteiger charge is 2.27. The van der Waals surface area contributed by atoms with Crippen molar-refractivity contribution in [1.82, 2.24) is 24.6 Å². The van der Waals surface area contributed by atoms with Gasteiger partial charge in [-0.15, -0.1) is 17.9 Å². The molecule has 3 aromatic heterocycles. The van der Waals surface area contributed by atoms with Gasteiger partial charge in [0, 0.05) is 37.1 Å². The molecule has 0 fully saturated rings. The minimum Gasteiger partial charge on any atom is -0.348 e. The maximum atomic E-state index is 12.2. The zero-order valence-corrected chi connectivity index (χ0v) is 18.6. The molecule has 6 nitrogen and oxygen atoms in total. The van der Waals surface area contributed by atoms with Crippen LogP contribution in [0, 0.1) is 0 Å². The normalized spacial score (nSPS) is 12.8. The molecule has 1 aliphatic rings. The van der Waals surface area contributed by atoms with Gasteiger partial charge < -0.3 is 4.90 Å². The number of fused-ring (bicyclic) bond motifs is 3. The molecule has 0 saturated carbocycles. The third-order valence-electron chi connectivity index (χ3n) is 5.41. The van der Waals surface area contributed by atoms with Crippen LogP contribution in [0.2, 0.25) is 0 Å². The molecule has 1 aliphatic carbocycles. The van der Waals surface area contributed by atoms with E-state index in [-0.39, 0.29) is 5.91 Å². The van der Waals surface area contributed by atoms with E-state index in [1.807, 2.05) is 17.0 Å². The van der Waals surface area contributed by atoms with Crippen molar-refractivity contribution in [3.05, 3.63) is 52.9 Å². The lowest BCUT2D eigenvalue weighted by atomic mass is 10.0. The van der Waals surface area contributed by atoms with Gasteiger partial charge in [-0.2, -0.15) is 5.10 Å². The van der Waals surface area contributed by atoms with E-state index in [1.54, 1.807) is 30.3 Å². The van der Waals surface area contributed by atoms with Gasteiger partial charge in [0.2, 0.25) is 5.91 Å². The summed E-state index contributed by atoms with van der Waals surface area (Å²) in [6.45, 7) is 6.66. The third kappa shape index (κ3) is 3.81. The number of amides is 1.